The van der Waals surface area contributed by atoms with Crippen molar-refractivity contribution in [2.24, 2.45) is 0 Å². The molecule has 0 saturated carbocycles. The molecule has 0 aliphatic heterocycles. The van der Waals surface area contributed by atoms with Crippen molar-refractivity contribution >= 4 is 29.3 Å². The van der Waals surface area contributed by atoms with E-state index in [4.69, 9.17) is 16.3 Å². The summed E-state index contributed by atoms with van der Waals surface area (Å²) >= 11 is 5.97. The molecular formula is C25H26ClN3O4. The second-order valence-electron chi connectivity index (χ2n) is 7.53. The first-order valence-electron chi connectivity index (χ1n) is 10.5. The van der Waals surface area contributed by atoms with Crippen molar-refractivity contribution in [2.45, 2.75) is 25.8 Å². The molecule has 3 aromatic rings. The van der Waals surface area contributed by atoms with Crippen LogP contribution in [-0.2, 0) is 17.6 Å². The Balaban J connectivity index is 1.56. The normalized spacial score (nSPS) is 11.5. The number of hydrogen-bond donors (Lipinski definition) is 3. The maximum Gasteiger partial charge on any atom is 0.326 e. The number of rotatable bonds is 10. The Labute approximate surface area is 197 Å². The van der Waals surface area contributed by atoms with Gasteiger partial charge in [-0.15, -0.1) is 0 Å². The molecule has 0 aliphatic rings. The van der Waals surface area contributed by atoms with E-state index in [0.717, 1.165) is 22.6 Å². The van der Waals surface area contributed by atoms with Crippen molar-refractivity contribution in [1.82, 2.24) is 10.3 Å². The van der Waals surface area contributed by atoms with Gasteiger partial charge in [-0.05, 0) is 54.4 Å². The Morgan fingerprint density at radius 2 is 1.88 bits per heavy atom. The van der Waals surface area contributed by atoms with Crippen LogP contribution in [0.1, 0.15) is 27.2 Å². The van der Waals surface area contributed by atoms with Crippen LogP contribution < -0.4 is 15.4 Å². The van der Waals surface area contributed by atoms with E-state index < -0.39 is 17.9 Å². The summed E-state index contributed by atoms with van der Waals surface area (Å²) in [6.07, 6.45) is 0.801. The number of carbonyl (C=O) groups is 2. The lowest BCUT2D eigenvalue weighted by atomic mass is 10.0. The molecule has 0 unspecified atom stereocenters. The van der Waals surface area contributed by atoms with E-state index in [1.807, 2.05) is 25.2 Å². The molecule has 2 aromatic carbocycles. The Morgan fingerprint density at radius 1 is 1.12 bits per heavy atom. The number of aryl methyl sites for hydroxylation is 1. The number of benzene rings is 2. The summed E-state index contributed by atoms with van der Waals surface area (Å²) in [4.78, 5) is 28.8. The fourth-order valence-corrected chi connectivity index (χ4v) is 3.44. The summed E-state index contributed by atoms with van der Waals surface area (Å²) in [5, 5.41) is 15.6. The lowest BCUT2D eigenvalue weighted by Gasteiger charge is -2.16. The lowest BCUT2D eigenvalue weighted by molar-refractivity contribution is -0.139. The van der Waals surface area contributed by atoms with Crippen molar-refractivity contribution in [2.75, 3.05) is 19.0 Å². The maximum atomic E-state index is 12.6. The van der Waals surface area contributed by atoms with Crippen LogP contribution in [0.4, 0.5) is 5.82 Å². The van der Waals surface area contributed by atoms with Gasteiger partial charge >= 0.3 is 5.97 Å². The van der Waals surface area contributed by atoms with E-state index in [2.05, 4.69) is 15.6 Å². The Bertz CT molecular complexity index is 1120. The molecule has 3 N–H and O–H groups in total. The first kappa shape index (κ1) is 24.1. The number of aliphatic carboxylic acids is 1. The van der Waals surface area contributed by atoms with Gasteiger partial charge < -0.3 is 20.5 Å². The molecule has 1 aromatic heterocycles. The number of aromatic nitrogens is 1. The van der Waals surface area contributed by atoms with Gasteiger partial charge in [0.05, 0.1) is 6.61 Å². The van der Waals surface area contributed by atoms with Crippen molar-refractivity contribution in [3.63, 3.8) is 0 Å². The zero-order valence-electron chi connectivity index (χ0n) is 18.5. The molecular weight excluding hydrogens is 442 g/mol. The molecule has 1 heterocycles. The second kappa shape index (κ2) is 11.3. The van der Waals surface area contributed by atoms with Gasteiger partial charge in [0.1, 0.15) is 17.6 Å². The number of anilines is 1. The van der Waals surface area contributed by atoms with Crippen LogP contribution in [0.15, 0.2) is 60.7 Å². The zero-order chi connectivity index (χ0) is 23.8. The first-order valence-corrected chi connectivity index (χ1v) is 10.9. The Morgan fingerprint density at radius 3 is 2.58 bits per heavy atom. The SMILES string of the molecule is CNc1cccc(CCOc2ccc(C[C@H](NC(=O)c3cc(Cl)ccc3C)C(=O)O)cc2)n1. The quantitative estimate of drug-likeness (QED) is 0.414. The van der Waals surface area contributed by atoms with Crippen LogP contribution in [0, 0.1) is 6.92 Å². The van der Waals surface area contributed by atoms with Crippen molar-refractivity contribution in [3.8, 4) is 5.75 Å². The van der Waals surface area contributed by atoms with Gasteiger partial charge in [0.15, 0.2) is 0 Å². The number of carboxylic acid groups (broad SMARTS) is 1. The highest BCUT2D eigenvalue weighted by atomic mass is 35.5. The molecule has 0 radical (unpaired) electrons. The van der Waals surface area contributed by atoms with E-state index >= 15 is 0 Å². The highest BCUT2D eigenvalue weighted by molar-refractivity contribution is 6.31. The van der Waals surface area contributed by atoms with E-state index in [0.29, 0.717) is 29.4 Å². The summed E-state index contributed by atoms with van der Waals surface area (Å²) in [5.41, 5.74) is 2.76. The van der Waals surface area contributed by atoms with Crippen LogP contribution in [-0.4, -0.2) is 41.7 Å². The van der Waals surface area contributed by atoms with Gasteiger partial charge in [-0.2, -0.15) is 0 Å². The summed E-state index contributed by atoms with van der Waals surface area (Å²) < 4.78 is 5.78. The zero-order valence-corrected chi connectivity index (χ0v) is 19.2. The number of hydrogen-bond acceptors (Lipinski definition) is 5. The largest absolute Gasteiger partial charge is 0.493 e. The van der Waals surface area contributed by atoms with Gasteiger partial charge in [0.25, 0.3) is 5.91 Å². The number of carboxylic acids is 1. The molecule has 8 heteroatoms. The minimum absolute atomic E-state index is 0.141. The molecule has 172 valence electrons. The number of carbonyl (C=O) groups excluding carboxylic acids is 1. The molecule has 33 heavy (non-hydrogen) atoms. The minimum Gasteiger partial charge on any atom is -0.493 e. The fraction of sp³-hybridized carbons (Fsp3) is 0.240. The first-order chi connectivity index (χ1) is 15.9. The average molecular weight is 468 g/mol. The Kier molecular flexibility index (Phi) is 8.27. The maximum absolute atomic E-state index is 12.6. The van der Waals surface area contributed by atoms with Gasteiger partial charge in [0.2, 0.25) is 0 Å². The van der Waals surface area contributed by atoms with Crippen LogP contribution >= 0.6 is 11.6 Å². The summed E-state index contributed by atoms with van der Waals surface area (Å²) in [5.74, 6) is -0.102. The summed E-state index contributed by atoms with van der Waals surface area (Å²) in [6, 6.07) is 16.8. The predicted molar refractivity (Wildman–Crippen MR) is 128 cm³/mol. The third-order valence-corrected chi connectivity index (χ3v) is 5.34. The van der Waals surface area contributed by atoms with Crippen molar-refractivity contribution in [1.29, 1.82) is 0 Å². The van der Waals surface area contributed by atoms with Crippen molar-refractivity contribution in [3.05, 3.63) is 88.1 Å². The topological polar surface area (TPSA) is 101 Å². The lowest BCUT2D eigenvalue weighted by Crippen LogP contribution is -2.42. The standard InChI is InChI=1S/C25H26ClN3O4/c1-16-6-9-18(26)15-21(16)24(30)29-22(25(31)32)14-17-7-10-20(11-8-17)33-13-12-19-4-3-5-23(27-2)28-19/h3-11,15,22H,12-14H2,1-2H3,(H,27,28)(H,29,30)(H,31,32)/t22-/m0/s1. The monoisotopic (exact) mass is 467 g/mol. The minimum atomic E-state index is -1.11. The van der Waals surface area contributed by atoms with Crippen LogP contribution in [0.2, 0.25) is 5.02 Å². The van der Waals surface area contributed by atoms with E-state index in [9.17, 15) is 14.7 Å². The van der Waals surface area contributed by atoms with E-state index in [1.165, 1.54) is 6.07 Å². The number of halogens is 1. The van der Waals surface area contributed by atoms with Crippen LogP contribution in [0.25, 0.3) is 0 Å². The molecule has 7 nitrogen and oxygen atoms in total. The molecule has 3 rings (SSSR count). The molecule has 1 amide bonds. The smallest absolute Gasteiger partial charge is 0.326 e. The predicted octanol–water partition coefficient (Wildman–Crippen LogP) is 4.13. The molecule has 1 atom stereocenters. The fourth-order valence-electron chi connectivity index (χ4n) is 3.26. The number of nitrogens with zero attached hydrogens (tertiary/aromatic N) is 1. The number of amides is 1. The van der Waals surface area contributed by atoms with Crippen LogP contribution in [0.5, 0.6) is 5.75 Å². The third kappa shape index (κ3) is 6.95. The summed E-state index contributed by atoms with van der Waals surface area (Å²) in [7, 11) is 1.82. The third-order valence-electron chi connectivity index (χ3n) is 5.10. The molecule has 0 spiro atoms. The van der Waals surface area contributed by atoms with E-state index in [-0.39, 0.29) is 6.42 Å². The van der Waals surface area contributed by atoms with Crippen molar-refractivity contribution < 1.29 is 19.4 Å². The summed E-state index contributed by atoms with van der Waals surface area (Å²) in [6.45, 7) is 2.24. The highest BCUT2D eigenvalue weighted by Crippen LogP contribution is 2.17. The molecule has 0 saturated heterocycles. The van der Waals surface area contributed by atoms with Gasteiger partial charge in [-0.1, -0.05) is 35.9 Å². The molecule has 0 fully saturated rings. The second-order valence-corrected chi connectivity index (χ2v) is 7.97. The van der Waals surface area contributed by atoms with Gasteiger partial charge in [-0.3, -0.25) is 4.79 Å². The van der Waals surface area contributed by atoms with Crippen LogP contribution in [0.3, 0.4) is 0 Å². The number of nitrogens with one attached hydrogen (secondary N) is 2. The van der Waals surface area contributed by atoms with Gasteiger partial charge in [-0.25, -0.2) is 9.78 Å². The molecule has 0 aliphatic carbocycles. The highest BCUT2D eigenvalue weighted by Gasteiger charge is 2.22. The number of ether oxygens (including phenoxy) is 1. The number of pyridine rings is 1. The molecule has 0 bridgehead atoms. The van der Waals surface area contributed by atoms with E-state index in [1.54, 1.807) is 43.3 Å². The van der Waals surface area contributed by atoms with Gasteiger partial charge in [0, 0.05) is 36.2 Å². The average Bonchev–Trinajstić information content (AvgIpc) is 2.81. The Hall–Kier alpha value is -3.58.